The Morgan fingerprint density at radius 2 is 1.53 bits per heavy atom. The van der Waals surface area contributed by atoms with Crippen LogP contribution in [0.1, 0.15) is 10.4 Å². The monoisotopic (exact) mass is 474 g/mol. The highest BCUT2D eigenvalue weighted by atomic mass is 32.2. The van der Waals surface area contributed by atoms with Crippen molar-refractivity contribution in [1.82, 2.24) is 4.72 Å². The Balaban J connectivity index is 1.64. The van der Waals surface area contributed by atoms with Crippen LogP contribution in [-0.2, 0) is 20.0 Å². The fourth-order valence-electron chi connectivity index (χ4n) is 3.12. The predicted molar refractivity (Wildman–Crippen MR) is 114 cm³/mol. The van der Waals surface area contributed by atoms with Crippen molar-refractivity contribution in [2.24, 2.45) is 5.14 Å². The van der Waals surface area contributed by atoms with E-state index in [0.29, 0.717) is 16.9 Å². The number of benzene rings is 3. The number of nitrogens with one attached hydrogen (secondary N) is 1. The molecule has 0 saturated carbocycles. The Kier molecular flexibility index (Phi) is 5.33. The van der Waals surface area contributed by atoms with E-state index in [0.717, 1.165) is 29.7 Å². The minimum Gasteiger partial charge on any atom is -0.456 e. The molecule has 0 atom stereocenters. The second-order valence-electron chi connectivity index (χ2n) is 6.77. The van der Waals surface area contributed by atoms with E-state index in [-0.39, 0.29) is 0 Å². The van der Waals surface area contributed by atoms with Crippen LogP contribution in [0.2, 0.25) is 0 Å². The largest absolute Gasteiger partial charge is 0.456 e. The molecule has 0 aliphatic carbocycles. The highest BCUT2D eigenvalue weighted by Gasteiger charge is 2.27. The van der Waals surface area contributed by atoms with Gasteiger partial charge in [0.05, 0.1) is 5.56 Å². The second kappa shape index (κ2) is 7.86. The quantitative estimate of drug-likeness (QED) is 0.456. The van der Waals surface area contributed by atoms with Crippen molar-refractivity contribution in [1.29, 1.82) is 0 Å². The van der Waals surface area contributed by atoms with Crippen LogP contribution in [0.5, 0.6) is 0 Å². The molecule has 4 rings (SSSR count). The Bertz CT molecular complexity index is 1540. The van der Waals surface area contributed by atoms with Gasteiger partial charge in [0.1, 0.15) is 27.0 Å². The number of hydrogen-bond donors (Lipinski definition) is 2. The van der Waals surface area contributed by atoms with Crippen LogP contribution in [0, 0.1) is 5.82 Å². The summed E-state index contributed by atoms with van der Waals surface area (Å²) >= 11 is 0. The summed E-state index contributed by atoms with van der Waals surface area (Å²) in [5.74, 6) is -1.90. The van der Waals surface area contributed by atoms with E-state index in [1.807, 2.05) is 12.1 Å². The van der Waals surface area contributed by atoms with Crippen LogP contribution in [-0.4, -0.2) is 22.7 Å². The minimum absolute atomic E-state index is 0.345. The van der Waals surface area contributed by atoms with Gasteiger partial charge in [0.25, 0.3) is 15.9 Å². The maximum atomic E-state index is 14.7. The zero-order valence-corrected chi connectivity index (χ0v) is 17.8. The number of carbonyl (C=O) groups is 1. The van der Waals surface area contributed by atoms with E-state index in [4.69, 9.17) is 9.56 Å². The molecule has 3 N–H and O–H groups in total. The van der Waals surface area contributed by atoms with Gasteiger partial charge in [-0.3, -0.25) is 4.79 Å². The van der Waals surface area contributed by atoms with Crippen molar-refractivity contribution < 1.29 is 30.4 Å². The normalized spacial score (nSPS) is 12.1. The Hall–Kier alpha value is -3.54. The van der Waals surface area contributed by atoms with Crippen LogP contribution in [0.3, 0.4) is 0 Å². The van der Waals surface area contributed by atoms with Gasteiger partial charge in [-0.1, -0.05) is 36.4 Å². The molecule has 11 heteroatoms. The molecule has 0 bridgehead atoms. The van der Waals surface area contributed by atoms with E-state index in [2.05, 4.69) is 0 Å². The first-order valence-electron chi connectivity index (χ1n) is 9.04. The lowest BCUT2D eigenvalue weighted by atomic mass is 10.1. The number of amides is 1. The topological polar surface area (TPSA) is 137 Å². The molecule has 0 unspecified atom stereocenters. The number of nitrogens with two attached hydrogens (primary N) is 1. The first-order chi connectivity index (χ1) is 15.1. The van der Waals surface area contributed by atoms with Crippen molar-refractivity contribution in [2.45, 2.75) is 9.79 Å². The molecule has 1 aromatic heterocycles. The molecule has 164 valence electrons. The first-order valence-corrected chi connectivity index (χ1v) is 12.1. The number of carbonyl (C=O) groups excluding carboxylic acids is 1. The van der Waals surface area contributed by atoms with Gasteiger partial charge in [0.2, 0.25) is 10.0 Å². The fraction of sp³-hybridized carbons (Fsp3) is 0. The van der Waals surface area contributed by atoms with Gasteiger partial charge in [-0.25, -0.2) is 31.1 Å². The van der Waals surface area contributed by atoms with Gasteiger partial charge in [0.15, 0.2) is 0 Å². The van der Waals surface area contributed by atoms with Gasteiger partial charge in [-0.05, 0) is 36.4 Å². The summed E-state index contributed by atoms with van der Waals surface area (Å²) in [6, 6.07) is 16.9. The van der Waals surface area contributed by atoms with Gasteiger partial charge >= 0.3 is 0 Å². The summed E-state index contributed by atoms with van der Waals surface area (Å²) in [6.07, 6.45) is 0. The average molecular weight is 474 g/mol. The maximum Gasteiger partial charge on any atom is 0.267 e. The SMILES string of the molecule is NS(=O)(=O)c1ccccc1S(=O)(=O)NC(=O)c1ccc(-c2cc3ccccc3o2)cc1F. The van der Waals surface area contributed by atoms with E-state index >= 15 is 0 Å². The molecular formula is C21H15FN2O6S2. The molecule has 8 nitrogen and oxygen atoms in total. The molecule has 3 aromatic carbocycles. The van der Waals surface area contributed by atoms with Crippen molar-refractivity contribution in [2.75, 3.05) is 0 Å². The highest BCUT2D eigenvalue weighted by molar-refractivity contribution is 7.92. The minimum atomic E-state index is -4.66. The van der Waals surface area contributed by atoms with Crippen molar-refractivity contribution in [3.63, 3.8) is 0 Å². The fourth-order valence-corrected chi connectivity index (χ4v) is 5.46. The van der Waals surface area contributed by atoms with Crippen LogP contribution in [0.25, 0.3) is 22.3 Å². The second-order valence-corrected chi connectivity index (χ2v) is 9.95. The van der Waals surface area contributed by atoms with Crippen molar-refractivity contribution in [3.05, 3.63) is 84.2 Å². The zero-order chi connectivity index (χ0) is 23.1. The van der Waals surface area contributed by atoms with Gasteiger partial charge in [0, 0.05) is 10.9 Å². The van der Waals surface area contributed by atoms with E-state index in [9.17, 15) is 26.0 Å². The maximum absolute atomic E-state index is 14.7. The first kappa shape index (κ1) is 21.7. The summed E-state index contributed by atoms with van der Waals surface area (Å²) in [5.41, 5.74) is 0.392. The molecule has 0 saturated heterocycles. The molecule has 1 heterocycles. The zero-order valence-electron chi connectivity index (χ0n) is 16.1. The van der Waals surface area contributed by atoms with Gasteiger partial charge in [-0.2, -0.15) is 0 Å². The lowest BCUT2D eigenvalue weighted by Gasteiger charge is -2.11. The average Bonchev–Trinajstić information content (AvgIpc) is 3.17. The molecule has 1 amide bonds. The smallest absolute Gasteiger partial charge is 0.267 e. The third-order valence-corrected chi connectivity index (χ3v) is 7.08. The van der Waals surface area contributed by atoms with E-state index in [1.54, 1.807) is 22.9 Å². The molecule has 0 fully saturated rings. The third-order valence-electron chi connectivity index (χ3n) is 4.60. The Morgan fingerprint density at radius 3 is 2.19 bits per heavy atom. The number of sulfonamides is 2. The lowest BCUT2D eigenvalue weighted by molar-refractivity contribution is 0.0977. The van der Waals surface area contributed by atoms with E-state index in [1.165, 1.54) is 18.2 Å². The summed E-state index contributed by atoms with van der Waals surface area (Å²) in [7, 11) is -9.05. The molecular weight excluding hydrogens is 459 g/mol. The molecule has 4 aromatic rings. The number of para-hydroxylation sites is 1. The molecule has 0 aliphatic rings. The van der Waals surface area contributed by atoms with E-state index < -0.39 is 47.1 Å². The van der Waals surface area contributed by atoms with Crippen LogP contribution in [0.15, 0.2) is 87.0 Å². The summed E-state index contributed by atoms with van der Waals surface area (Å²) < 4.78 is 70.6. The van der Waals surface area contributed by atoms with Gasteiger partial charge in [-0.15, -0.1) is 0 Å². The summed E-state index contributed by atoms with van der Waals surface area (Å²) in [5, 5.41) is 5.86. The van der Waals surface area contributed by atoms with Crippen LogP contribution in [0.4, 0.5) is 4.39 Å². The number of hydrogen-bond acceptors (Lipinski definition) is 6. The lowest BCUT2D eigenvalue weighted by Crippen LogP contribution is -2.32. The molecule has 32 heavy (non-hydrogen) atoms. The summed E-state index contributed by atoms with van der Waals surface area (Å²) in [6.45, 7) is 0. The highest BCUT2D eigenvalue weighted by Crippen LogP contribution is 2.29. The number of rotatable bonds is 5. The third kappa shape index (κ3) is 4.13. The number of furan rings is 1. The Morgan fingerprint density at radius 1 is 0.875 bits per heavy atom. The molecule has 0 radical (unpaired) electrons. The molecule has 0 spiro atoms. The Labute approximate surface area is 182 Å². The standard InChI is InChI=1S/C21H15FN2O6S2/c22-16-11-14(18-12-13-5-1-2-6-17(13)30-18)9-10-15(16)21(25)24-32(28,29)20-8-4-3-7-19(20)31(23,26)27/h1-12H,(H,24,25)(H2,23,26,27). The predicted octanol–water partition coefficient (Wildman–Crippen LogP) is 3.01. The number of primary sulfonamides is 1. The number of halogens is 1. The summed E-state index contributed by atoms with van der Waals surface area (Å²) in [4.78, 5) is 11.0. The van der Waals surface area contributed by atoms with Crippen LogP contribution < -0.4 is 9.86 Å². The van der Waals surface area contributed by atoms with Crippen LogP contribution >= 0.6 is 0 Å². The molecule has 0 aliphatic heterocycles. The van der Waals surface area contributed by atoms with Gasteiger partial charge < -0.3 is 4.42 Å². The number of fused-ring (bicyclic) bond motifs is 1. The van der Waals surface area contributed by atoms with Crippen molar-refractivity contribution in [3.8, 4) is 11.3 Å². The van der Waals surface area contributed by atoms with Crippen molar-refractivity contribution >= 4 is 36.9 Å².